The van der Waals surface area contributed by atoms with Crippen LogP contribution in [0.1, 0.15) is 36.6 Å². The molecule has 42 heavy (non-hydrogen) atoms. The first-order chi connectivity index (χ1) is 20.3. The zero-order valence-electron chi connectivity index (χ0n) is 22.6. The molecule has 11 heteroatoms. The number of hydrogen-bond acceptors (Lipinski definition) is 8. The molecule has 3 aromatic carbocycles. The molecule has 6 rings (SSSR count). The number of carbonyl (C=O) groups excluding carboxylic acids is 1. The molecule has 1 atom stereocenters. The van der Waals surface area contributed by atoms with Crippen molar-refractivity contribution >= 4 is 46.6 Å². The van der Waals surface area contributed by atoms with E-state index >= 15 is 0 Å². The molecule has 2 aliphatic rings. The van der Waals surface area contributed by atoms with Crippen LogP contribution in [0.25, 0.3) is 6.08 Å². The third kappa shape index (κ3) is 5.43. The average molecular weight is 624 g/mol. The molecule has 8 nitrogen and oxygen atoms in total. The van der Waals surface area contributed by atoms with E-state index in [2.05, 4.69) is 4.99 Å². The van der Waals surface area contributed by atoms with Crippen molar-refractivity contribution in [2.45, 2.75) is 26.5 Å². The number of carbonyl (C=O) groups is 1. The maximum absolute atomic E-state index is 13.9. The van der Waals surface area contributed by atoms with Gasteiger partial charge in [-0.15, -0.1) is 0 Å². The Hall–Kier alpha value is -4.05. The zero-order valence-corrected chi connectivity index (χ0v) is 24.9. The van der Waals surface area contributed by atoms with E-state index in [-0.39, 0.29) is 25.6 Å². The number of nitrogens with zero attached hydrogens (tertiary/aromatic N) is 2. The van der Waals surface area contributed by atoms with Crippen LogP contribution in [0.15, 0.2) is 81.7 Å². The van der Waals surface area contributed by atoms with Crippen molar-refractivity contribution in [1.29, 1.82) is 0 Å². The lowest BCUT2D eigenvalue weighted by atomic mass is 9.95. The third-order valence-corrected chi connectivity index (χ3v) is 8.36. The quantitative estimate of drug-likeness (QED) is 0.256. The number of allylic oxidation sites excluding steroid dienone is 1. The van der Waals surface area contributed by atoms with Gasteiger partial charge in [-0.05, 0) is 67.4 Å². The SMILES string of the molecule is CCOC(=O)C1=C(C)N=c2sc(=Cc3cccc(OCc4ccc(Cl)cc4Cl)c3)c(=O)n2C1c1ccc2c(c1)OCO2. The normalized spacial score (nSPS) is 15.8. The van der Waals surface area contributed by atoms with Crippen molar-refractivity contribution in [2.75, 3.05) is 13.4 Å². The van der Waals surface area contributed by atoms with Crippen LogP contribution in [-0.2, 0) is 16.1 Å². The topological polar surface area (TPSA) is 88.4 Å². The van der Waals surface area contributed by atoms with E-state index in [4.69, 9.17) is 42.1 Å². The number of aromatic nitrogens is 1. The number of thiazole rings is 1. The summed E-state index contributed by atoms with van der Waals surface area (Å²) in [6.07, 6.45) is 1.78. The number of ether oxygens (including phenoxy) is 4. The predicted molar refractivity (Wildman–Crippen MR) is 160 cm³/mol. The van der Waals surface area contributed by atoms with Gasteiger partial charge in [0.05, 0.1) is 28.5 Å². The molecular formula is C31H24Cl2N2O6S. The van der Waals surface area contributed by atoms with Crippen LogP contribution in [0, 0.1) is 0 Å². The molecule has 0 N–H and O–H groups in total. The number of fused-ring (bicyclic) bond motifs is 2. The van der Waals surface area contributed by atoms with Gasteiger partial charge in [-0.1, -0.05) is 58.8 Å². The summed E-state index contributed by atoms with van der Waals surface area (Å²) >= 11 is 13.5. The van der Waals surface area contributed by atoms with Crippen molar-refractivity contribution in [1.82, 2.24) is 4.57 Å². The first kappa shape index (κ1) is 28.1. The molecule has 4 aromatic rings. The fraction of sp³-hybridized carbons (Fsp3) is 0.194. The van der Waals surface area contributed by atoms with Crippen LogP contribution in [0.5, 0.6) is 17.2 Å². The van der Waals surface area contributed by atoms with Gasteiger partial charge in [-0.2, -0.15) is 0 Å². The Labute approximate surface area is 254 Å². The molecule has 2 aliphatic heterocycles. The van der Waals surface area contributed by atoms with E-state index in [1.807, 2.05) is 36.4 Å². The minimum Gasteiger partial charge on any atom is -0.489 e. The molecule has 0 saturated carbocycles. The van der Waals surface area contributed by atoms with Crippen molar-refractivity contribution in [3.05, 3.63) is 118 Å². The maximum atomic E-state index is 13.9. The van der Waals surface area contributed by atoms with Crippen LogP contribution < -0.4 is 29.1 Å². The van der Waals surface area contributed by atoms with Gasteiger partial charge in [0.2, 0.25) is 6.79 Å². The Morgan fingerprint density at radius 1 is 1.12 bits per heavy atom. The van der Waals surface area contributed by atoms with Gasteiger partial charge in [0.25, 0.3) is 5.56 Å². The van der Waals surface area contributed by atoms with Gasteiger partial charge in [-0.3, -0.25) is 9.36 Å². The first-order valence-electron chi connectivity index (χ1n) is 13.1. The summed E-state index contributed by atoms with van der Waals surface area (Å²) in [6, 6.07) is 17.3. The molecule has 0 aliphatic carbocycles. The molecule has 0 spiro atoms. The van der Waals surface area contributed by atoms with Gasteiger partial charge in [0.15, 0.2) is 16.3 Å². The monoisotopic (exact) mass is 622 g/mol. The molecule has 0 saturated heterocycles. The minimum atomic E-state index is -0.754. The summed E-state index contributed by atoms with van der Waals surface area (Å²) in [5.74, 6) is 1.23. The summed E-state index contributed by atoms with van der Waals surface area (Å²) < 4.78 is 24.4. The largest absolute Gasteiger partial charge is 0.489 e. The van der Waals surface area contributed by atoms with Crippen LogP contribution in [0.4, 0.5) is 0 Å². The smallest absolute Gasteiger partial charge is 0.338 e. The van der Waals surface area contributed by atoms with Crippen molar-refractivity contribution in [3.63, 3.8) is 0 Å². The highest BCUT2D eigenvalue weighted by Crippen LogP contribution is 2.38. The Morgan fingerprint density at radius 3 is 2.76 bits per heavy atom. The first-order valence-corrected chi connectivity index (χ1v) is 14.7. The lowest BCUT2D eigenvalue weighted by Crippen LogP contribution is -2.39. The number of halogens is 2. The fourth-order valence-corrected chi connectivity index (χ4v) is 6.35. The minimum absolute atomic E-state index is 0.108. The van der Waals surface area contributed by atoms with Gasteiger partial charge < -0.3 is 18.9 Å². The van der Waals surface area contributed by atoms with Crippen LogP contribution in [-0.4, -0.2) is 23.9 Å². The lowest BCUT2D eigenvalue weighted by Gasteiger charge is -2.24. The summed E-state index contributed by atoms with van der Waals surface area (Å²) in [7, 11) is 0. The van der Waals surface area contributed by atoms with Crippen molar-refractivity contribution < 1.29 is 23.7 Å². The Bertz CT molecular complexity index is 1930. The van der Waals surface area contributed by atoms with Gasteiger partial charge in [0.1, 0.15) is 12.4 Å². The molecule has 1 unspecified atom stereocenters. The van der Waals surface area contributed by atoms with E-state index < -0.39 is 12.0 Å². The highest BCUT2D eigenvalue weighted by Gasteiger charge is 2.34. The number of rotatable bonds is 7. The van der Waals surface area contributed by atoms with E-state index in [9.17, 15) is 9.59 Å². The molecule has 214 valence electrons. The summed E-state index contributed by atoms with van der Waals surface area (Å²) in [5, 5.41) is 1.08. The lowest BCUT2D eigenvalue weighted by molar-refractivity contribution is -0.139. The van der Waals surface area contributed by atoms with Gasteiger partial charge in [0, 0.05) is 15.6 Å². The highest BCUT2D eigenvalue weighted by molar-refractivity contribution is 7.07. The highest BCUT2D eigenvalue weighted by atomic mass is 35.5. The van der Waals surface area contributed by atoms with Gasteiger partial charge >= 0.3 is 5.97 Å². The molecular weight excluding hydrogens is 599 g/mol. The van der Waals surface area contributed by atoms with Crippen LogP contribution >= 0.6 is 34.5 Å². The second kappa shape index (κ2) is 11.7. The van der Waals surface area contributed by atoms with Gasteiger partial charge in [-0.25, -0.2) is 9.79 Å². The number of hydrogen-bond donors (Lipinski definition) is 0. The second-order valence-electron chi connectivity index (χ2n) is 9.51. The van der Waals surface area contributed by atoms with E-state index in [1.165, 1.54) is 15.9 Å². The number of esters is 1. The summed E-state index contributed by atoms with van der Waals surface area (Å²) in [4.78, 5) is 32.2. The molecule has 1 aromatic heterocycles. The molecule has 0 radical (unpaired) electrons. The van der Waals surface area contributed by atoms with Crippen molar-refractivity contribution in [3.8, 4) is 17.2 Å². The maximum Gasteiger partial charge on any atom is 0.338 e. The predicted octanol–water partition coefficient (Wildman–Crippen LogP) is 5.41. The van der Waals surface area contributed by atoms with E-state index in [0.717, 1.165) is 11.1 Å². The molecule has 3 heterocycles. The number of benzene rings is 3. The molecule has 0 fully saturated rings. The fourth-order valence-electron chi connectivity index (χ4n) is 4.84. The Morgan fingerprint density at radius 2 is 1.95 bits per heavy atom. The van der Waals surface area contributed by atoms with E-state index in [0.29, 0.717) is 53.5 Å². The standard InChI is InChI=1S/C31H24Cl2N2O6S/c1-3-38-30(37)27-17(2)34-31-35(28(27)19-8-10-24-25(13-19)41-16-40-24)29(36)26(42-31)12-18-5-4-6-22(11-18)39-15-20-7-9-21(32)14-23(20)33/h4-14,28H,3,15-16H2,1-2H3. The third-order valence-electron chi connectivity index (χ3n) is 6.79. The zero-order chi connectivity index (χ0) is 29.4. The Balaban J connectivity index is 1.38. The molecule has 0 amide bonds. The Kier molecular flexibility index (Phi) is 7.81. The average Bonchev–Trinajstić information content (AvgIpc) is 3.55. The summed E-state index contributed by atoms with van der Waals surface area (Å²) in [5.41, 5.74) is 2.75. The second-order valence-corrected chi connectivity index (χ2v) is 11.4. The van der Waals surface area contributed by atoms with Crippen molar-refractivity contribution in [2.24, 2.45) is 4.99 Å². The summed E-state index contributed by atoms with van der Waals surface area (Å²) in [6.45, 7) is 4.04. The van der Waals surface area contributed by atoms with E-state index in [1.54, 1.807) is 44.2 Å². The van der Waals surface area contributed by atoms with Crippen LogP contribution in [0.2, 0.25) is 10.0 Å². The molecule has 0 bridgehead atoms. The van der Waals surface area contributed by atoms with Crippen LogP contribution in [0.3, 0.4) is 0 Å².